The van der Waals surface area contributed by atoms with Crippen molar-refractivity contribution in [2.24, 2.45) is 0 Å². The lowest BCUT2D eigenvalue weighted by atomic mass is 10.0. The largest absolute Gasteiger partial charge is 0.280 e. The Kier molecular flexibility index (Phi) is 3.53. The van der Waals surface area contributed by atoms with E-state index in [0.29, 0.717) is 22.5 Å². The number of thioether (sulfide) groups is 1. The zero-order valence-electron chi connectivity index (χ0n) is 16.2. The van der Waals surface area contributed by atoms with Gasteiger partial charge >= 0.3 is 0 Å². The van der Waals surface area contributed by atoms with Crippen LogP contribution >= 0.6 is 11.8 Å². The predicted molar refractivity (Wildman–Crippen MR) is 119 cm³/mol. The van der Waals surface area contributed by atoms with Crippen molar-refractivity contribution >= 4 is 28.6 Å². The van der Waals surface area contributed by atoms with E-state index in [1.54, 1.807) is 29.8 Å². The number of para-hydroxylation sites is 1. The van der Waals surface area contributed by atoms with Crippen LogP contribution in [0.5, 0.6) is 0 Å². The molecule has 4 aromatic rings. The van der Waals surface area contributed by atoms with Crippen molar-refractivity contribution in [2.75, 3.05) is 10.8 Å². The number of carbonyl (C=O) groups excluding carboxylic acids is 1. The Labute approximate surface area is 177 Å². The van der Waals surface area contributed by atoms with Crippen molar-refractivity contribution < 1.29 is 4.79 Å². The van der Waals surface area contributed by atoms with Crippen molar-refractivity contribution in [3.8, 4) is 11.1 Å². The molecule has 5 nitrogen and oxygen atoms in total. The average molecular weight is 411 g/mol. The van der Waals surface area contributed by atoms with Gasteiger partial charge in [0, 0.05) is 11.1 Å². The first kappa shape index (κ1) is 17.5. The van der Waals surface area contributed by atoms with Gasteiger partial charge in [-0.15, -0.1) is 11.8 Å². The van der Waals surface area contributed by atoms with Gasteiger partial charge < -0.3 is 0 Å². The van der Waals surface area contributed by atoms with Gasteiger partial charge in [0.15, 0.2) is 4.87 Å². The minimum absolute atomic E-state index is 0.103. The number of aryl methyl sites for hydroxylation is 1. The quantitative estimate of drug-likeness (QED) is 0.478. The van der Waals surface area contributed by atoms with Crippen LogP contribution in [0.3, 0.4) is 0 Å². The third-order valence-electron chi connectivity index (χ3n) is 5.93. The Morgan fingerprint density at radius 2 is 1.47 bits per heavy atom. The molecule has 1 aliphatic heterocycles. The summed E-state index contributed by atoms with van der Waals surface area (Å²) in [5, 5.41) is 2.14. The summed E-state index contributed by atoms with van der Waals surface area (Å²) in [5.74, 6) is 0.686. The lowest BCUT2D eigenvalue weighted by molar-refractivity contribution is -0.117. The van der Waals surface area contributed by atoms with Crippen molar-refractivity contribution in [3.63, 3.8) is 0 Å². The molecule has 3 aromatic carbocycles. The maximum absolute atomic E-state index is 13.6. The molecule has 2 heterocycles. The van der Waals surface area contributed by atoms with Gasteiger partial charge in [-0.3, -0.25) is 9.59 Å². The van der Waals surface area contributed by atoms with Gasteiger partial charge in [0.05, 0.1) is 16.7 Å². The third kappa shape index (κ3) is 2.06. The number of rotatable bonds is 1. The van der Waals surface area contributed by atoms with Gasteiger partial charge in [-0.05, 0) is 30.2 Å². The first-order valence-corrected chi connectivity index (χ1v) is 10.8. The van der Waals surface area contributed by atoms with Crippen molar-refractivity contribution in [2.45, 2.75) is 11.8 Å². The van der Waals surface area contributed by atoms with Gasteiger partial charge in [-0.25, -0.2) is 9.99 Å². The molecule has 0 unspecified atom stereocenters. The van der Waals surface area contributed by atoms with Crippen LogP contribution in [-0.4, -0.2) is 21.3 Å². The van der Waals surface area contributed by atoms with Gasteiger partial charge in [0.1, 0.15) is 5.82 Å². The second-order valence-corrected chi connectivity index (χ2v) is 8.69. The molecule has 6 heteroatoms. The number of hydrogen-bond acceptors (Lipinski definition) is 4. The maximum Gasteiger partial charge on any atom is 0.280 e. The first-order chi connectivity index (χ1) is 14.6. The van der Waals surface area contributed by atoms with Gasteiger partial charge in [0.2, 0.25) is 0 Å². The highest BCUT2D eigenvalue weighted by Gasteiger charge is 2.56. The molecule has 0 N–H and O–H groups in total. The highest BCUT2D eigenvalue weighted by molar-refractivity contribution is 8.01. The molecular weight excluding hydrogens is 394 g/mol. The summed E-state index contributed by atoms with van der Waals surface area (Å²) < 4.78 is 1.48. The Morgan fingerprint density at radius 3 is 2.17 bits per heavy atom. The monoisotopic (exact) mass is 411 g/mol. The molecule has 0 atom stereocenters. The predicted octanol–water partition coefficient (Wildman–Crippen LogP) is 3.80. The van der Waals surface area contributed by atoms with Gasteiger partial charge in [-0.1, -0.05) is 60.7 Å². The van der Waals surface area contributed by atoms with Crippen LogP contribution < -0.4 is 10.6 Å². The van der Waals surface area contributed by atoms with Crippen molar-refractivity contribution in [3.05, 3.63) is 100 Å². The van der Waals surface area contributed by atoms with Crippen LogP contribution in [0.15, 0.2) is 77.6 Å². The molecule has 1 aliphatic carbocycles. The molecule has 30 heavy (non-hydrogen) atoms. The van der Waals surface area contributed by atoms with Crippen LogP contribution in [0.4, 0.5) is 0 Å². The zero-order chi connectivity index (χ0) is 20.5. The Bertz CT molecular complexity index is 1380. The molecular formula is C24H17N3O2S. The topological polar surface area (TPSA) is 55.2 Å². The summed E-state index contributed by atoms with van der Waals surface area (Å²) >= 11 is 1.56. The number of fused-ring (bicyclic) bond motifs is 6. The number of carbonyl (C=O) groups is 1. The fourth-order valence-electron chi connectivity index (χ4n) is 4.74. The first-order valence-electron chi connectivity index (χ1n) is 9.78. The number of hydrogen-bond donors (Lipinski definition) is 0. The van der Waals surface area contributed by atoms with Crippen LogP contribution in [-0.2, 0) is 9.67 Å². The van der Waals surface area contributed by atoms with E-state index in [2.05, 4.69) is 29.2 Å². The molecule has 1 saturated heterocycles. The second-order valence-electron chi connectivity index (χ2n) is 7.52. The van der Waals surface area contributed by atoms with E-state index < -0.39 is 4.87 Å². The molecule has 6 rings (SSSR count). The van der Waals surface area contributed by atoms with Gasteiger partial charge in [-0.2, -0.15) is 4.68 Å². The van der Waals surface area contributed by atoms with Crippen molar-refractivity contribution in [1.29, 1.82) is 0 Å². The zero-order valence-corrected chi connectivity index (χ0v) is 17.0. The fourth-order valence-corrected chi connectivity index (χ4v) is 6.17. The molecule has 0 saturated carbocycles. The van der Waals surface area contributed by atoms with E-state index in [1.807, 2.05) is 42.5 Å². The van der Waals surface area contributed by atoms with E-state index in [9.17, 15) is 9.59 Å². The number of nitrogens with zero attached hydrogens (tertiary/aromatic N) is 3. The van der Waals surface area contributed by atoms with E-state index in [1.165, 1.54) is 4.68 Å². The minimum Gasteiger partial charge on any atom is -0.272 e. The highest BCUT2D eigenvalue weighted by Crippen LogP contribution is 2.58. The highest BCUT2D eigenvalue weighted by atomic mass is 32.2. The molecule has 0 radical (unpaired) electrons. The van der Waals surface area contributed by atoms with Crippen LogP contribution in [0.25, 0.3) is 22.0 Å². The molecule has 1 amide bonds. The molecule has 2 aliphatic rings. The fraction of sp³-hybridized carbons (Fsp3) is 0.125. The van der Waals surface area contributed by atoms with E-state index >= 15 is 0 Å². The third-order valence-corrected chi connectivity index (χ3v) is 7.35. The Hall–Kier alpha value is -3.38. The Morgan fingerprint density at radius 1 is 0.867 bits per heavy atom. The lowest BCUT2D eigenvalue weighted by Gasteiger charge is -2.37. The molecule has 1 spiro atoms. The molecule has 1 fully saturated rings. The number of amides is 1. The SMILES string of the molecule is Cc1nc2ccccc2c(=O)n1N1C(=O)CSC12c1ccccc1-c1ccccc12. The van der Waals surface area contributed by atoms with Gasteiger partial charge in [0.25, 0.3) is 11.5 Å². The second kappa shape index (κ2) is 6.06. The van der Waals surface area contributed by atoms with Crippen molar-refractivity contribution in [1.82, 2.24) is 9.66 Å². The van der Waals surface area contributed by atoms with Crippen LogP contribution in [0.2, 0.25) is 0 Å². The molecule has 1 aromatic heterocycles. The minimum atomic E-state index is -0.789. The summed E-state index contributed by atoms with van der Waals surface area (Å²) in [4.78, 5) is 30.7. The van der Waals surface area contributed by atoms with Crippen LogP contribution in [0, 0.1) is 6.92 Å². The lowest BCUT2D eigenvalue weighted by Crippen LogP contribution is -2.54. The Balaban J connectivity index is 1.72. The average Bonchev–Trinajstić information content (AvgIpc) is 3.25. The summed E-state index contributed by atoms with van der Waals surface area (Å²) in [5.41, 5.74) is 4.66. The summed E-state index contributed by atoms with van der Waals surface area (Å²) in [6.07, 6.45) is 0. The summed E-state index contributed by atoms with van der Waals surface area (Å²) in [6, 6.07) is 23.5. The summed E-state index contributed by atoms with van der Waals surface area (Å²) in [6.45, 7) is 1.78. The normalized spacial score (nSPS) is 16.3. The number of aromatic nitrogens is 2. The maximum atomic E-state index is 13.6. The van der Waals surface area contributed by atoms with E-state index in [4.69, 9.17) is 0 Å². The molecule has 146 valence electrons. The van der Waals surface area contributed by atoms with E-state index in [0.717, 1.165) is 22.3 Å². The van der Waals surface area contributed by atoms with Crippen LogP contribution in [0.1, 0.15) is 17.0 Å². The smallest absolute Gasteiger partial charge is 0.272 e. The standard InChI is InChI=1S/C24H17N3O2S/c1-15-25-21-13-7-4-10-18(21)23(29)26(15)27-22(28)14-30-24(27)19-11-5-2-8-16(19)17-9-3-6-12-20(17)24/h2-13H,14H2,1H3. The molecule has 0 bridgehead atoms. The van der Waals surface area contributed by atoms with E-state index in [-0.39, 0.29) is 11.5 Å². The number of benzene rings is 3. The summed E-state index contributed by atoms with van der Waals surface area (Å²) in [7, 11) is 0.